The fourth-order valence-corrected chi connectivity index (χ4v) is 3.21. The van der Waals surface area contributed by atoms with E-state index in [9.17, 15) is 9.90 Å². The summed E-state index contributed by atoms with van der Waals surface area (Å²) in [5.74, 6) is 0.344. The summed E-state index contributed by atoms with van der Waals surface area (Å²) in [6.07, 6.45) is -0.422. The molecular weight excluding hydrogens is 328 g/mol. The molecule has 0 aromatic heterocycles. The number of ether oxygens (including phenoxy) is 1. The number of fused-ring (bicyclic) bond motifs is 1. The molecule has 2 N–H and O–H groups in total. The first-order valence-corrected chi connectivity index (χ1v) is 8.30. The number of phenolic OH excluding ortho intramolecular Hbond substituents is 1. The van der Waals surface area contributed by atoms with E-state index in [0.29, 0.717) is 11.3 Å². The summed E-state index contributed by atoms with van der Waals surface area (Å²) in [6, 6.07) is 22.1. The molecule has 3 aromatic carbocycles. The molecule has 5 nitrogen and oxygen atoms in total. The van der Waals surface area contributed by atoms with Crippen molar-refractivity contribution in [1.29, 1.82) is 0 Å². The molecule has 130 valence electrons. The third-order valence-electron chi connectivity index (χ3n) is 4.48. The maximum Gasteiger partial charge on any atom is 0.262 e. The summed E-state index contributed by atoms with van der Waals surface area (Å²) >= 11 is 0. The Kier molecular flexibility index (Phi) is 3.97. The first kappa shape index (κ1) is 16.0. The van der Waals surface area contributed by atoms with Crippen LogP contribution in [0.4, 0.5) is 11.4 Å². The highest BCUT2D eigenvalue weighted by molar-refractivity contribution is 6.12. The Labute approximate surface area is 151 Å². The number of aromatic hydroxyl groups is 1. The van der Waals surface area contributed by atoms with Gasteiger partial charge in [-0.3, -0.25) is 9.69 Å². The van der Waals surface area contributed by atoms with Crippen LogP contribution in [-0.4, -0.2) is 18.1 Å². The standard InChI is InChI=1S/C21H18N2O3/c1-26-19-13-14(11-12-18(19)24)20-22-17-10-6-5-9-16(17)21(25)23(20)15-7-3-2-4-8-15/h2-13,20,22,24H,1H3/t20-/m0/s1. The number of para-hydroxylation sites is 2. The fraction of sp³-hybridized carbons (Fsp3) is 0.0952. The number of benzene rings is 3. The smallest absolute Gasteiger partial charge is 0.262 e. The van der Waals surface area contributed by atoms with E-state index in [4.69, 9.17) is 4.74 Å². The molecule has 26 heavy (non-hydrogen) atoms. The lowest BCUT2D eigenvalue weighted by Gasteiger charge is -2.38. The summed E-state index contributed by atoms with van der Waals surface area (Å²) in [5.41, 5.74) is 3.00. The van der Waals surface area contributed by atoms with E-state index in [2.05, 4.69) is 5.32 Å². The molecule has 1 amide bonds. The van der Waals surface area contributed by atoms with Crippen molar-refractivity contribution in [1.82, 2.24) is 0 Å². The van der Waals surface area contributed by atoms with E-state index >= 15 is 0 Å². The SMILES string of the molecule is COc1cc([C@H]2Nc3ccccc3C(=O)N2c2ccccc2)ccc1O. The number of hydrogen-bond acceptors (Lipinski definition) is 4. The molecule has 5 heteroatoms. The fourth-order valence-electron chi connectivity index (χ4n) is 3.21. The molecule has 1 atom stereocenters. The van der Waals surface area contributed by atoms with Crippen LogP contribution in [0.25, 0.3) is 0 Å². The number of nitrogens with zero attached hydrogens (tertiary/aromatic N) is 1. The summed E-state index contributed by atoms with van der Waals surface area (Å²) in [6.45, 7) is 0. The molecule has 0 aliphatic carbocycles. The van der Waals surface area contributed by atoms with Gasteiger partial charge in [-0.05, 0) is 42.0 Å². The van der Waals surface area contributed by atoms with Gasteiger partial charge in [0, 0.05) is 11.4 Å². The maximum absolute atomic E-state index is 13.2. The monoisotopic (exact) mass is 346 g/mol. The Morgan fingerprint density at radius 3 is 2.50 bits per heavy atom. The highest BCUT2D eigenvalue weighted by Crippen LogP contribution is 2.38. The van der Waals surface area contributed by atoms with E-state index in [1.165, 1.54) is 7.11 Å². The number of anilines is 2. The van der Waals surface area contributed by atoms with E-state index in [1.807, 2.05) is 54.6 Å². The quantitative estimate of drug-likeness (QED) is 0.747. The van der Waals surface area contributed by atoms with Crippen LogP contribution in [0.15, 0.2) is 72.8 Å². The van der Waals surface area contributed by atoms with Crippen molar-refractivity contribution in [3.8, 4) is 11.5 Å². The van der Waals surface area contributed by atoms with E-state index in [1.54, 1.807) is 23.1 Å². The predicted molar refractivity (Wildman–Crippen MR) is 101 cm³/mol. The van der Waals surface area contributed by atoms with Crippen LogP contribution in [0.2, 0.25) is 0 Å². The van der Waals surface area contributed by atoms with Crippen molar-refractivity contribution >= 4 is 17.3 Å². The van der Waals surface area contributed by atoms with Crippen molar-refractivity contribution < 1.29 is 14.6 Å². The van der Waals surface area contributed by atoms with Gasteiger partial charge in [0.1, 0.15) is 6.17 Å². The van der Waals surface area contributed by atoms with Gasteiger partial charge >= 0.3 is 0 Å². The van der Waals surface area contributed by atoms with Gasteiger partial charge in [0.25, 0.3) is 5.91 Å². The lowest BCUT2D eigenvalue weighted by Crippen LogP contribution is -2.43. The lowest BCUT2D eigenvalue weighted by molar-refractivity contribution is 0.0975. The molecule has 0 radical (unpaired) electrons. The van der Waals surface area contributed by atoms with Crippen LogP contribution in [-0.2, 0) is 0 Å². The van der Waals surface area contributed by atoms with Crippen LogP contribution < -0.4 is 15.0 Å². The van der Waals surface area contributed by atoms with Crippen LogP contribution >= 0.6 is 0 Å². The molecule has 0 bridgehead atoms. The zero-order chi connectivity index (χ0) is 18.1. The highest BCUT2D eigenvalue weighted by Gasteiger charge is 2.34. The summed E-state index contributed by atoms with van der Waals surface area (Å²) < 4.78 is 5.23. The van der Waals surface area contributed by atoms with E-state index in [0.717, 1.165) is 16.9 Å². The third-order valence-corrected chi connectivity index (χ3v) is 4.48. The van der Waals surface area contributed by atoms with Gasteiger partial charge in [0.15, 0.2) is 11.5 Å². The van der Waals surface area contributed by atoms with Gasteiger partial charge < -0.3 is 15.2 Å². The molecule has 0 spiro atoms. The largest absolute Gasteiger partial charge is 0.504 e. The molecule has 4 rings (SSSR count). The molecule has 3 aromatic rings. The Morgan fingerprint density at radius 2 is 1.73 bits per heavy atom. The van der Waals surface area contributed by atoms with Crippen molar-refractivity contribution in [3.63, 3.8) is 0 Å². The highest BCUT2D eigenvalue weighted by atomic mass is 16.5. The second-order valence-corrected chi connectivity index (χ2v) is 6.03. The molecule has 0 fully saturated rings. The molecule has 1 heterocycles. The Hall–Kier alpha value is -3.47. The lowest BCUT2D eigenvalue weighted by atomic mass is 10.0. The van der Waals surface area contributed by atoms with Gasteiger partial charge in [-0.1, -0.05) is 36.4 Å². The van der Waals surface area contributed by atoms with Crippen LogP contribution in [0.3, 0.4) is 0 Å². The second-order valence-electron chi connectivity index (χ2n) is 6.03. The summed E-state index contributed by atoms with van der Waals surface area (Å²) in [4.78, 5) is 14.9. The average molecular weight is 346 g/mol. The minimum absolute atomic E-state index is 0.0602. The van der Waals surface area contributed by atoms with Gasteiger partial charge in [-0.2, -0.15) is 0 Å². The number of carbonyl (C=O) groups is 1. The van der Waals surface area contributed by atoms with Crippen molar-refractivity contribution in [2.24, 2.45) is 0 Å². The van der Waals surface area contributed by atoms with Gasteiger partial charge in [-0.15, -0.1) is 0 Å². The molecule has 0 saturated carbocycles. The molecular formula is C21H18N2O3. The number of carbonyl (C=O) groups excluding carboxylic acids is 1. The number of amides is 1. The first-order chi connectivity index (χ1) is 12.7. The van der Waals surface area contributed by atoms with Gasteiger partial charge in [0.2, 0.25) is 0 Å². The molecule has 1 aliphatic heterocycles. The minimum Gasteiger partial charge on any atom is -0.504 e. The average Bonchev–Trinajstić information content (AvgIpc) is 2.69. The van der Waals surface area contributed by atoms with Crippen molar-refractivity contribution in [2.75, 3.05) is 17.3 Å². The Bertz CT molecular complexity index is 956. The van der Waals surface area contributed by atoms with Crippen molar-refractivity contribution in [3.05, 3.63) is 83.9 Å². The topological polar surface area (TPSA) is 61.8 Å². The summed E-state index contributed by atoms with van der Waals surface area (Å²) in [5, 5.41) is 13.3. The maximum atomic E-state index is 13.2. The molecule has 1 aliphatic rings. The third kappa shape index (κ3) is 2.63. The van der Waals surface area contributed by atoms with E-state index in [-0.39, 0.29) is 11.7 Å². The molecule has 0 saturated heterocycles. The normalized spacial score (nSPS) is 16.0. The predicted octanol–water partition coefficient (Wildman–Crippen LogP) is 4.17. The zero-order valence-corrected chi connectivity index (χ0v) is 14.2. The first-order valence-electron chi connectivity index (χ1n) is 8.30. The number of nitrogens with one attached hydrogen (secondary N) is 1. The van der Waals surface area contributed by atoms with E-state index < -0.39 is 6.17 Å². The number of phenols is 1. The minimum atomic E-state index is -0.422. The Balaban J connectivity index is 1.86. The van der Waals surface area contributed by atoms with Crippen LogP contribution in [0, 0.1) is 0 Å². The van der Waals surface area contributed by atoms with Crippen LogP contribution in [0.1, 0.15) is 22.1 Å². The van der Waals surface area contributed by atoms with Crippen molar-refractivity contribution in [2.45, 2.75) is 6.17 Å². The second kappa shape index (κ2) is 6.44. The van der Waals surface area contributed by atoms with Crippen LogP contribution in [0.5, 0.6) is 11.5 Å². The summed E-state index contributed by atoms with van der Waals surface area (Å²) in [7, 11) is 1.50. The Morgan fingerprint density at radius 1 is 1.00 bits per heavy atom. The number of rotatable bonds is 3. The van der Waals surface area contributed by atoms with Gasteiger partial charge in [0.05, 0.1) is 12.7 Å². The zero-order valence-electron chi connectivity index (χ0n) is 14.2. The number of methoxy groups -OCH3 is 1. The molecule has 0 unspecified atom stereocenters. The number of hydrogen-bond donors (Lipinski definition) is 2. The van der Waals surface area contributed by atoms with Gasteiger partial charge in [-0.25, -0.2) is 0 Å².